The molecule has 0 radical (unpaired) electrons. The Kier molecular flexibility index (Phi) is 4.78. The van der Waals surface area contributed by atoms with Gasteiger partial charge in [-0.1, -0.05) is 18.2 Å². The number of rotatable bonds is 5. The normalized spacial score (nSPS) is 21.9. The molecule has 1 amide bonds. The first-order chi connectivity index (χ1) is 10.7. The third kappa shape index (κ3) is 3.69. The first-order valence-corrected chi connectivity index (χ1v) is 8.25. The van der Waals surface area contributed by atoms with Crippen molar-refractivity contribution >= 4 is 16.8 Å². The zero-order valence-electron chi connectivity index (χ0n) is 12.8. The van der Waals surface area contributed by atoms with Crippen LogP contribution in [-0.4, -0.2) is 28.1 Å². The average molecular weight is 300 g/mol. The lowest BCUT2D eigenvalue weighted by atomic mass is 9.93. The van der Waals surface area contributed by atoms with Crippen molar-refractivity contribution < 1.29 is 9.90 Å². The summed E-state index contributed by atoms with van der Waals surface area (Å²) >= 11 is 0. The van der Waals surface area contributed by atoms with Crippen molar-refractivity contribution in [1.29, 1.82) is 0 Å². The molecule has 1 aliphatic rings. The van der Waals surface area contributed by atoms with Crippen LogP contribution in [0.5, 0.6) is 0 Å². The molecule has 1 aliphatic carbocycles. The van der Waals surface area contributed by atoms with Crippen molar-refractivity contribution in [1.82, 2.24) is 10.3 Å². The fourth-order valence-electron chi connectivity index (χ4n) is 3.30. The summed E-state index contributed by atoms with van der Waals surface area (Å²) in [6.45, 7) is 0. The van der Waals surface area contributed by atoms with E-state index in [0.29, 0.717) is 6.42 Å². The highest BCUT2D eigenvalue weighted by Gasteiger charge is 2.20. The minimum Gasteiger partial charge on any atom is -0.393 e. The Bertz CT molecular complexity index is 627. The Morgan fingerprint density at radius 2 is 2.00 bits per heavy atom. The molecule has 0 bridgehead atoms. The Hall–Kier alpha value is -1.81. The van der Waals surface area contributed by atoms with Crippen LogP contribution in [0, 0.1) is 0 Å². The molecule has 3 rings (SSSR count). The number of aryl methyl sites for hydroxylation is 1. The van der Waals surface area contributed by atoms with Crippen LogP contribution >= 0.6 is 0 Å². The minimum atomic E-state index is -0.171. The van der Waals surface area contributed by atoms with Crippen molar-refractivity contribution in [2.45, 2.75) is 57.1 Å². The van der Waals surface area contributed by atoms with E-state index >= 15 is 0 Å². The third-order valence-electron chi connectivity index (χ3n) is 4.59. The molecule has 1 heterocycles. The topological polar surface area (TPSA) is 65.1 Å². The van der Waals surface area contributed by atoms with Gasteiger partial charge in [0.05, 0.1) is 6.10 Å². The van der Waals surface area contributed by atoms with Crippen LogP contribution < -0.4 is 5.32 Å². The second-order valence-electron chi connectivity index (χ2n) is 6.29. The van der Waals surface area contributed by atoms with Gasteiger partial charge in [-0.25, -0.2) is 0 Å². The number of H-pyrrole nitrogens is 1. The van der Waals surface area contributed by atoms with E-state index in [9.17, 15) is 9.90 Å². The maximum atomic E-state index is 12.0. The summed E-state index contributed by atoms with van der Waals surface area (Å²) in [5.41, 5.74) is 2.44. The van der Waals surface area contributed by atoms with E-state index in [1.165, 1.54) is 10.9 Å². The summed E-state index contributed by atoms with van der Waals surface area (Å²) in [6, 6.07) is 8.52. The van der Waals surface area contributed by atoms with Crippen molar-refractivity contribution in [2.24, 2.45) is 0 Å². The van der Waals surface area contributed by atoms with E-state index in [0.717, 1.165) is 44.0 Å². The molecular weight excluding hydrogens is 276 g/mol. The second-order valence-corrected chi connectivity index (χ2v) is 6.29. The molecule has 22 heavy (non-hydrogen) atoms. The summed E-state index contributed by atoms with van der Waals surface area (Å²) in [5.74, 6) is 0.140. The zero-order valence-corrected chi connectivity index (χ0v) is 12.8. The van der Waals surface area contributed by atoms with Gasteiger partial charge in [0.25, 0.3) is 0 Å². The number of amides is 1. The molecule has 0 aliphatic heterocycles. The minimum absolute atomic E-state index is 0.140. The Morgan fingerprint density at radius 1 is 1.23 bits per heavy atom. The number of para-hydroxylation sites is 1. The van der Waals surface area contributed by atoms with Gasteiger partial charge in [0.1, 0.15) is 0 Å². The molecule has 3 N–H and O–H groups in total. The SMILES string of the molecule is O=C(CCCc1c[nH]c2ccccc12)NC1CCC(O)CC1. The smallest absolute Gasteiger partial charge is 0.220 e. The highest BCUT2D eigenvalue weighted by molar-refractivity contribution is 5.83. The highest BCUT2D eigenvalue weighted by Crippen LogP contribution is 2.20. The Labute approximate surface area is 130 Å². The molecule has 118 valence electrons. The summed E-state index contributed by atoms with van der Waals surface area (Å²) in [7, 11) is 0. The van der Waals surface area contributed by atoms with Gasteiger partial charge in [0.15, 0.2) is 0 Å². The predicted molar refractivity (Wildman–Crippen MR) is 87.6 cm³/mol. The molecule has 0 atom stereocenters. The van der Waals surface area contributed by atoms with Crippen molar-refractivity contribution in [3.63, 3.8) is 0 Å². The molecule has 0 unspecified atom stereocenters. The quantitative estimate of drug-likeness (QED) is 0.795. The van der Waals surface area contributed by atoms with Gasteiger partial charge in [-0.15, -0.1) is 0 Å². The molecule has 4 heteroatoms. The number of hydrogen-bond acceptors (Lipinski definition) is 2. The zero-order chi connectivity index (χ0) is 15.4. The van der Waals surface area contributed by atoms with Gasteiger partial charge in [-0.05, 0) is 50.2 Å². The van der Waals surface area contributed by atoms with Crippen LogP contribution in [0.4, 0.5) is 0 Å². The van der Waals surface area contributed by atoms with Gasteiger partial charge in [-0.3, -0.25) is 4.79 Å². The highest BCUT2D eigenvalue weighted by atomic mass is 16.3. The average Bonchev–Trinajstić information content (AvgIpc) is 2.93. The molecule has 1 fully saturated rings. The molecule has 0 saturated heterocycles. The van der Waals surface area contributed by atoms with Gasteiger partial charge in [0, 0.05) is 29.6 Å². The van der Waals surface area contributed by atoms with Gasteiger partial charge in [0.2, 0.25) is 5.91 Å². The molecule has 2 aromatic rings. The lowest BCUT2D eigenvalue weighted by Crippen LogP contribution is -2.38. The number of fused-ring (bicyclic) bond motifs is 1. The number of aliphatic hydroxyl groups is 1. The maximum absolute atomic E-state index is 12.0. The monoisotopic (exact) mass is 300 g/mol. The van der Waals surface area contributed by atoms with E-state index in [-0.39, 0.29) is 18.1 Å². The van der Waals surface area contributed by atoms with Gasteiger partial charge in [-0.2, -0.15) is 0 Å². The summed E-state index contributed by atoms with van der Waals surface area (Å²) < 4.78 is 0. The van der Waals surface area contributed by atoms with E-state index in [1.54, 1.807) is 0 Å². The van der Waals surface area contributed by atoms with Crippen molar-refractivity contribution in [3.05, 3.63) is 36.0 Å². The number of carbonyl (C=O) groups excluding carboxylic acids is 1. The van der Waals surface area contributed by atoms with E-state index in [4.69, 9.17) is 0 Å². The first kappa shape index (κ1) is 15.1. The number of aromatic nitrogens is 1. The number of carbonyl (C=O) groups is 1. The summed E-state index contributed by atoms with van der Waals surface area (Å²) in [6.07, 6.45) is 7.63. The third-order valence-corrected chi connectivity index (χ3v) is 4.59. The van der Waals surface area contributed by atoms with Crippen LogP contribution in [-0.2, 0) is 11.2 Å². The number of aromatic amines is 1. The maximum Gasteiger partial charge on any atom is 0.220 e. The largest absolute Gasteiger partial charge is 0.393 e. The molecule has 4 nitrogen and oxygen atoms in total. The van der Waals surface area contributed by atoms with E-state index in [1.807, 2.05) is 18.3 Å². The molecular formula is C18H24N2O2. The van der Waals surface area contributed by atoms with Gasteiger partial charge >= 0.3 is 0 Å². The van der Waals surface area contributed by atoms with Crippen LogP contribution in [0.25, 0.3) is 10.9 Å². The Balaban J connectivity index is 1.44. The number of aliphatic hydroxyl groups excluding tert-OH is 1. The summed E-state index contributed by atoms with van der Waals surface area (Å²) in [5, 5.41) is 13.8. The van der Waals surface area contributed by atoms with Crippen LogP contribution in [0.15, 0.2) is 30.5 Å². The van der Waals surface area contributed by atoms with Crippen LogP contribution in [0.2, 0.25) is 0 Å². The molecule has 1 aromatic heterocycles. The van der Waals surface area contributed by atoms with Crippen molar-refractivity contribution in [3.8, 4) is 0 Å². The van der Waals surface area contributed by atoms with E-state index < -0.39 is 0 Å². The fourth-order valence-corrected chi connectivity index (χ4v) is 3.30. The lowest BCUT2D eigenvalue weighted by molar-refractivity contribution is -0.122. The number of nitrogens with one attached hydrogen (secondary N) is 2. The molecule has 0 spiro atoms. The lowest BCUT2D eigenvalue weighted by Gasteiger charge is -2.26. The standard InChI is InChI=1S/C18H24N2O2/c21-15-10-8-14(9-11-15)20-18(22)7-3-4-13-12-19-17-6-2-1-5-16(13)17/h1-2,5-6,12,14-15,19,21H,3-4,7-11H2,(H,20,22). The van der Waals surface area contributed by atoms with Crippen LogP contribution in [0.3, 0.4) is 0 Å². The van der Waals surface area contributed by atoms with Gasteiger partial charge < -0.3 is 15.4 Å². The van der Waals surface area contributed by atoms with E-state index in [2.05, 4.69) is 22.4 Å². The first-order valence-electron chi connectivity index (χ1n) is 8.25. The summed E-state index contributed by atoms with van der Waals surface area (Å²) in [4.78, 5) is 15.3. The molecule has 1 aromatic carbocycles. The second kappa shape index (κ2) is 6.97. The fraction of sp³-hybridized carbons (Fsp3) is 0.500. The Morgan fingerprint density at radius 3 is 2.82 bits per heavy atom. The van der Waals surface area contributed by atoms with Crippen LogP contribution in [0.1, 0.15) is 44.1 Å². The number of benzene rings is 1. The predicted octanol–water partition coefficient (Wildman–Crippen LogP) is 2.91. The molecule has 1 saturated carbocycles. The number of hydrogen-bond donors (Lipinski definition) is 3. The van der Waals surface area contributed by atoms with Crippen molar-refractivity contribution in [2.75, 3.05) is 0 Å².